The molecule has 22 heavy (non-hydrogen) atoms. The van der Waals surface area contributed by atoms with Crippen LogP contribution in [0.15, 0.2) is 54.0 Å². The van der Waals surface area contributed by atoms with Crippen molar-refractivity contribution in [1.82, 2.24) is 4.98 Å². The average Bonchev–Trinajstić information content (AvgIpc) is 3.11. The van der Waals surface area contributed by atoms with Gasteiger partial charge in [-0.25, -0.2) is 4.98 Å². The number of benzene rings is 2. The second-order valence-corrected chi connectivity index (χ2v) is 6.44. The van der Waals surface area contributed by atoms with E-state index in [1.807, 2.05) is 19.4 Å². The van der Waals surface area contributed by atoms with Crippen LogP contribution < -0.4 is 0 Å². The van der Waals surface area contributed by atoms with Gasteiger partial charge in [0.2, 0.25) is 0 Å². The van der Waals surface area contributed by atoms with Crippen LogP contribution in [-0.4, -0.2) is 4.98 Å². The van der Waals surface area contributed by atoms with Gasteiger partial charge in [-0.3, -0.25) is 0 Å². The van der Waals surface area contributed by atoms with Gasteiger partial charge in [-0.2, -0.15) is 0 Å². The number of nitrogens with zero attached hydrogens (tertiary/aromatic N) is 1. The van der Waals surface area contributed by atoms with Crippen LogP contribution >= 0.6 is 11.3 Å². The first-order valence-electron chi connectivity index (χ1n) is 8.09. The summed E-state index contributed by atoms with van der Waals surface area (Å²) in [7, 11) is 0. The molecule has 0 bridgehead atoms. The van der Waals surface area contributed by atoms with E-state index in [4.69, 9.17) is 0 Å². The van der Waals surface area contributed by atoms with Crippen LogP contribution in [0, 0.1) is 12.8 Å². The summed E-state index contributed by atoms with van der Waals surface area (Å²) >= 11 is 1.68. The zero-order chi connectivity index (χ0) is 15.9. The summed E-state index contributed by atoms with van der Waals surface area (Å²) in [4.78, 5) is 4.20. The van der Waals surface area contributed by atoms with Crippen molar-refractivity contribution in [3.63, 3.8) is 0 Å². The van der Waals surface area contributed by atoms with Crippen LogP contribution in [-0.2, 0) is 0 Å². The highest BCUT2D eigenvalue weighted by atomic mass is 32.1. The molecule has 1 heterocycles. The number of aryl methyl sites for hydroxylation is 1. The molecule has 1 nitrogen and oxygen atoms in total. The highest BCUT2D eigenvalue weighted by Gasteiger charge is 2.33. The molecule has 0 saturated heterocycles. The zero-order valence-corrected chi connectivity index (χ0v) is 14.7. The molecule has 116 valence electrons. The van der Waals surface area contributed by atoms with Crippen LogP contribution in [0.3, 0.4) is 0 Å². The van der Waals surface area contributed by atoms with Gasteiger partial charge < -0.3 is 0 Å². The molecule has 4 rings (SSSR count). The highest BCUT2D eigenvalue weighted by Crippen LogP contribution is 2.46. The van der Waals surface area contributed by atoms with Gasteiger partial charge in [0.25, 0.3) is 0 Å². The minimum absolute atomic E-state index is 0.876. The Balaban J connectivity index is 0.000000144. The number of fused-ring (bicyclic) bond motifs is 1. The van der Waals surface area contributed by atoms with Crippen LogP contribution in [0.5, 0.6) is 0 Å². The van der Waals surface area contributed by atoms with E-state index in [9.17, 15) is 0 Å². The third-order valence-electron chi connectivity index (χ3n) is 3.82. The molecule has 0 N–H and O–H groups in total. The van der Waals surface area contributed by atoms with Gasteiger partial charge in [-0.1, -0.05) is 57.2 Å². The summed E-state index contributed by atoms with van der Waals surface area (Å²) in [6.07, 6.45) is 1.39. The fourth-order valence-corrected chi connectivity index (χ4v) is 3.11. The molecule has 2 atom stereocenters. The topological polar surface area (TPSA) is 12.9 Å². The maximum atomic E-state index is 4.20. The van der Waals surface area contributed by atoms with Gasteiger partial charge in [0.1, 0.15) is 0 Å². The lowest BCUT2D eigenvalue weighted by Gasteiger charge is -1.94. The molecule has 1 saturated carbocycles. The summed E-state index contributed by atoms with van der Waals surface area (Å²) in [6.45, 7) is 8.40. The third-order valence-corrected chi connectivity index (χ3v) is 4.63. The number of thiazole rings is 1. The van der Waals surface area contributed by atoms with Gasteiger partial charge in [0, 0.05) is 0 Å². The monoisotopic (exact) mass is 311 g/mol. The Bertz CT molecular complexity index is 687. The molecule has 0 amide bonds. The number of hydrogen-bond donors (Lipinski definition) is 0. The molecule has 3 aromatic rings. The second kappa shape index (κ2) is 8.09. The zero-order valence-electron chi connectivity index (χ0n) is 13.9. The minimum atomic E-state index is 0.876. The number of hydrogen-bond acceptors (Lipinski definition) is 2. The normalized spacial score (nSPS) is 18.7. The van der Waals surface area contributed by atoms with Crippen LogP contribution in [0.4, 0.5) is 0 Å². The maximum absolute atomic E-state index is 4.20. The van der Waals surface area contributed by atoms with Crippen LogP contribution in [0.2, 0.25) is 0 Å². The van der Waals surface area contributed by atoms with E-state index in [0.717, 1.165) is 17.4 Å². The first kappa shape index (κ1) is 16.7. The van der Waals surface area contributed by atoms with Crippen molar-refractivity contribution in [2.75, 3.05) is 0 Å². The van der Waals surface area contributed by atoms with Gasteiger partial charge in [0.15, 0.2) is 0 Å². The summed E-state index contributed by atoms with van der Waals surface area (Å²) in [5.74, 6) is 1.81. The molecule has 2 heteroatoms. The largest absolute Gasteiger partial charge is 0.245 e. The molecule has 1 aliphatic rings. The fourth-order valence-electron chi connectivity index (χ4n) is 2.45. The van der Waals surface area contributed by atoms with Gasteiger partial charge in [-0.05, 0) is 48.4 Å². The standard InChI is InChI=1S/C10H12.C8H7NS.C2H6/c1-8-7-10(8)9-5-3-2-4-6-9;1-6-2-3-8-7(4-6)9-5-10-8;1-2/h2-6,8,10H,7H2,1H3;2-5H,1H3;1-2H3/t8-,10-;;/m1../s1. The lowest BCUT2D eigenvalue weighted by atomic mass is 10.1. The van der Waals surface area contributed by atoms with Crippen molar-refractivity contribution in [2.45, 2.75) is 40.0 Å². The molecule has 0 radical (unpaired) electrons. The van der Waals surface area contributed by atoms with Crippen molar-refractivity contribution >= 4 is 21.6 Å². The fraction of sp³-hybridized carbons (Fsp3) is 0.350. The smallest absolute Gasteiger partial charge is 0.0814 e. The molecular weight excluding hydrogens is 286 g/mol. The average molecular weight is 311 g/mol. The Morgan fingerprint density at radius 1 is 1.05 bits per heavy atom. The van der Waals surface area contributed by atoms with Crippen molar-refractivity contribution in [2.24, 2.45) is 5.92 Å². The van der Waals surface area contributed by atoms with Crippen molar-refractivity contribution in [1.29, 1.82) is 0 Å². The van der Waals surface area contributed by atoms with E-state index >= 15 is 0 Å². The summed E-state index contributed by atoms with van der Waals surface area (Å²) in [5, 5.41) is 0. The maximum Gasteiger partial charge on any atom is 0.0814 e. The van der Waals surface area contributed by atoms with Crippen LogP contribution in [0.1, 0.15) is 44.2 Å². The number of rotatable bonds is 1. The van der Waals surface area contributed by atoms with E-state index in [1.54, 1.807) is 11.3 Å². The van der Waals surface area contributed by atoms with Gasteiger partial charge >= 0.3 is 0 Å². The molecule has 2 aromatic carbocycles. The van der Waals surface area contributed by atoms with Gasteiger partial charge in [0.05, 0.1) is 15.7 Å². The third kappa shape index (κ3) is 4.41. The lowest BCUT2D eigenvalue weighted by molar-refractivity contribution is 0.915. The Kier molecular flexibility index (Phi) is 6.14. The van der Waals surface area contributed by atoms with Crippen LogP contribution in [0.25, 0.3) is 10.2 Å². The van der Waals surface area contributed by atoms with E-state index in [1.165, 1.54) is 22.2 Å². The predicted octanol–water partition coefficient (Wildman–Crippen LogP) is 6.44. The summed E-state index contributed by atoms with van der Waals surface area (Å²) in [5.41, 5.74) is 5.79. The SMILES string of the molecule is CC.C[C@@H]1C[C@H]1c1ccccc1.Cc1ccc2scnc2c1. The first-order chi connectivity index (χ1) is 10.7. The lowest BCUT2D eigenvalue weighted by Crippen LogP contribution is -1.77. The van der Waals surface area contributed by atoms with E-state index < -0.39 is 0 Å². The molecule has 1 aliphatic carbocycles. The molecule has 1 fully saturated rings. The Morgan fingerprint density at radius 2 is 1.73 bits per heavy atom. The quantitative estimate of drug-likeness (QED) is 0.504. The van der Waals surface area contributed by atoms with Gasteiger partial charge in [-0.15, -0.1) is 11.3 Å². The molecule has 0 spiro atoms. The van der Waals surface area contributed by atoms with Crippen molar-refractivity contribution in [3.05, 3.63) is 65.2 Å². The van der Waals surface area contributed by atoms with Crippen molar-refractivity contribution < 1.29 is 0 Å². The summed E-state index contributed by atoms with van der Waals surface area (Å²) < 4.78 is 1.27. The Morgan fingerprint density at radius 3 is 2.36 bits per heavy atom. The molecular formula is C20H25NS. The molecule has 0 unspecified atom stereocenters. The Labute approximate surface area is 138 Å². The van der Waals surface area contributed by atoms with E-state index in [-0.39, 0.29) is 0 Å². The van der Waals surface area contributed by atoms with E-state index in [0.29, 0.717) is 0 Å². The minimum Gasteiger partial charge on any atom is -0.245 e. The predicted molar refractivity (Wildman–Crippen MR) is 98.7 cm³/mol. The second-order valence-electron chi connectivity index (χ2n) is 5.55. The first-order valence-corrected chi connectivity index (χ1v) is 8.97. The molecule has 0 aliphatic heterocycles. The Hall–Kier alpha value is -1.67. The number of aromatic nitrogens is 1. The van der Waals surface area contributed by atoms with Crippen molar-refractivity contribution in [3.8, 4) is 0 Å². The molecule has 1 aromatic heterocycles. The van der Waals surface area contributed by atoms with E-state index in [2.05, 4.69) is 67.4 Å². The summed E-state index contributed by atoms with van der Waals surface area (Å²) in [6, 6.07) is 17.1. The highest BCUT2D eigenvalue weighted by molar-refractivity contribution is 7.16.